The molecular weight excluding hydrogens is 396 g/mol. The van der Waals surface area contributed by atoms with Gasteiger partial charge >= 0.3 is 5.97 Å². The summed E-state index contributed by atoms with van der Waals surface area (Å²) in [6.45, 7) is 1.39. The van der Waals surface area contributed by atoms with Gasteiger partial charge in [0, 0.05) is 17.3 Å². The molecule has 1 heterocycles. The van der Waals surface area contributed by atoms with E-state index in [1.54, 1.807) is 18.2 Å². The maximum absolute atomic E-state index is 12.6. The van der Waals surface area contributed by atoms with Gasteiger partial charge in [-0.3, -0.25) is 24.1 Å². The van der Waals surface area contributed by atoms with Crippen LogP contribution in [0.4, 0.5) is 5.69 Å². The molecule has 3 amide bonds. The van der Waals surface area contributed by atoms with Gasteiger partial charge in [0.1, 0.15) is 0 Å². The van der Waals surface area contributed by atoms with Crippen LogP contribution in [0, 0.1) is 30.6 Å². The summed E-state index contributed by atoms with van der Waals surface area (Å²) in [5.74, 6) is -1.14. The number of esters is 1. The van der Waals surface area contributed by atoms with Crippen molar-refractivity contribution in [1.82, 2.24) is 4.90 Å². The Hall–Kier alpha value is -2.41. The second kappa shape index (κ2) is 7.78. The third-order valence-corrected chi connectivity index (χ3v) is 6.63. The molecular formula is C21H23ClN2O5. The molecule has 7 nitrogen and oxygen atoms in total. The van der Waals surface area contributed by atoms with Crippen LogP contribution in [-0.4, -0.2) is 41.7 Å². The van der Waals surface area contributed by atoms with E-state index in [2.05, 4.69) is 5.32 Å². The number of halogens is 1. The summed E-state index contributed by atoms with van der Waals surface area (Å²) in [5, 5.41) is 3.13. The third kappa shape index (κ3) is 3.75. The third-order valence-electron chi connectivity index (χ3n) is 6.40. The monoisotopic (exact) mass is 418 g/mol. The van der Waals surface area contributed by atoms with Crippen molar-refractivity contribution in [1.29, 1.82) is 0 Å². The molecule has 0 aromatic heterocycles. The molecule has 2 aliphatic carbocycles. The molecule has 1 aromatic rings. The highest BCUT2D eigenvalue weighted by molar-refractivity contribution is 6.31. The minimum Gasteiger partial charge on any atom is -0.456 e. The van der Waals surface area contributed by atoms with E-state index < -0.39 is 18.5 Å². The summed E-state index contributed by atoms with van der Waals surface area (Å²) in [7, 11) is 0. The standard InChI is InChI=1S/C21H23ClN2O5/c1-11-2-5-14(22)9-15(11)23-16(25)10-29-17(26)6-7-24-20(27)18-12-3-4-13(8-12)19(18)21(24)28/h2,5,9,12-13,18-19H,3-4,6-8,10H2,1H3,(H,23,25)/t12-,13+,18-,19+. The van der Waals surface area contributed by atoms with E-state index >= 15 is 0 Å². The predicted octanol–water partition coefficient (Wildman–Crippen LogP) is 2.55. The van der Waals surface area contributed by atoms with E-state index in [0.29, 0.717) is 22.5 Å². The lowest BCUT2D eigenvalue weighted by molar-refractivity contribution is -0.149. The van der Waals surface area contributed by atoms with E-state index in [1.807, 2.05) is 6.92 Å². The topological polar surface area (TPSA) is 92.8 Å². The minimum absolute atomic E-state index is 0.0119. The zero-order valence-electron chi connectivity index (χ0n) is 16.2. The number of rotatable bonds is 6. The van der Waals surface area contributed by atoms with E-state index in [0.717, 1.165) is 24.8 Å². The van der Waals surface area contributed by atoms with Gasteiger partial charge in [-0.1, -0.05) is 17.7 Å². The van der Waals surface area contributed by atoms with Crippen LogP contribution in [0.5, 0.6) is 0 Å². The smallest absolute Gasteiger partial charge is 0.308 e. The summed E-state index contributed by atoms with van der Waals surface area (Å²) in [4.78, 5) is 50.4. The molecule has 0 spiro atoms. The van der Waals surface area contributed by atoms with Crippen LogP contribution < -0.4 is 5.32 Å². The highest BCUT2D eigenvalue weighted by Gasteiger charge is 2.60. The molecule has 1 aliphatic heterocycles. The number of fused-ring (bicyclic) bond motifs is 5. The lowest BCUT2D eigenvalue weighted by Gasteiger charge is -2.19. The van der Waals surface area contributed by atoms with Crippen molar-refractivity contribution in [2.24, 2.45) is 23.7 Å². The molecule has 29 heavy (non-hydrogen) atoms. The Kier molecular flexibility index (Phi) is 5.34. The highest BCUT2D eigenvalue weighted by Crippen LogP contribution is 2.56. The first-order valence-corrected chi connectivity index (χ1v) is 10.3. The number of benzene rings is 1. The summed E-state index contributed by atoms with van der Waals surface area (Å²) in [6.07, 6.45) is 2.89. The normalized spacial score (nSPS) is 27.3. The lowest BCUT2D eigenvalue weighted by Crippen LogP contribution is -2.35. The SMILES string of the molecule is Cc1ccc(Cl)cc1NC(=O)COC(=O)CCN1C(=O)[C@@H]2[C@@H]3CC[C@@H](C3)[C@@H]2C1=O. The van der Waals surface area contributed by atoms with Gasteiger partial charge in [-0.15, -0.1) is 0 Å². The zero-order chi connectivity index (χ0) is 20.7. The maximum atomic E-state index is 12.6. The van der Waals surface area contributed by atoms with Gasteiger partial charge in [-0.05, 0) is 55.7 Å². The fraction of sp³-hybridized carbons (Fsp3) is 0.524. The summed E-state index contributed by atoms with van der Waals surface area (Å²) in [5.41, 5.74) is 1.38. The Bertz CT molecular complexity index is 858. The summed E-state index contributed by atoms with van der Waals surface area (Å²) in [6, 6.07) is 5.11. The molecule has 0 unspecified atom stereocenters. The lowest BCUT2D eigenvalue weighted by atomic mass is 9.81. The van der Waals surface area contributed by atoms with E-state index in [9.17, 15) is 19.2 Å². The van der Waals surface area contributed by atoms with Crippen LogP contribution in [0.3, 0.4) is 0 Å². The van der Waals surface area contributed by atoms with Crippen LogP contribution in [0.25, 0.3) is 0 Å². The Labute approximate surface area is 173 Å². The van der Waals surface area contributed by atoms with Crippen molar-refractivity contribution in [3.05, 3.63) is 28.8 Å². The van der Waals surface area contributed by atoms with Gasteiger partial charge in [-0.2, -0.15) is 0 Å². The summed E-state index contributed by atoms with van der Waals surface area (Å²) < 4.78 is 4.99. The van der Waals surface area contributed by atoms with Gasteiger partial charge in [-0.25, -0.2) is 0 Å². The number of amides is 3. The number of ether oxygens (including phenoxy) is 1. The first-order chi connectivity index (χ1) is 13.8. The van der Waals surface area contributed by atoms with Crippen molar-refractivity contribution < 1.29 is 23.9 Å². The Morgan fingerprint density at radius 1 is 1.17 bits per heavy atom. The molecule has 2 bridgehead atoms. The van der Waals surface area contributed by atoms with Gasteiger partial charge < -0.3 is 10.1 Å². The molecule has 3 fully saturated rings. The largest absolute Gasteiger partial charge is 0.456 e. The predicted molar refractivity (Wildman–Crippen MR) is 105 cm³/mol. The molecule has 154 valence electrons. The van der Waals surface area contributed by atoms with Crippen molar-refractivity contribution in [2.45, 2.75) is 32.6 Å². The first kappa shape index (κ1) is 19.9. The number of likely N-dealkylation sites (tertiary alicyclic amines) is 1. The van der Waals surface area contributed by atoms with E-state index in [-0.39, 0.29) is 36.6 Å². The fourth-order valence-electron chi connectivity index (χ4n) is 5.03. The second-order valence-electron chi connectivity index (χ2n) is 8.13. The van der Waals surface area contributed by atoms with Gasteiger partial charge in [0.25, 0.3) is 5.91 Å². The second-order valence-corrected chi connectivity index (χ2v) is 8.57. The van der Waals surface area contributed by atoms with Crippen LogP contribution >= 0.6 is 11.6 Å². The van der Waals surface area contributed by atoms with Crippen molar-refractivity contribution in [3.8, 4) is 0 Å². The number of imide groups is 1. The van der Waals surface area contributed by atoms with Crippen molar-refractivity contribution >= 4 is 41.0 Å². The molecule has 0 radical (unpaired) electrons. The number of carbonyl (C=O) groups is 4. The Balaban J connectivity index is 1.24. The number of hydrogen-bond donors (Lipinski definition) is 1. The average molecular weight is 419 g/mol. The number of anilines is 1. The Morgan fingerprint density at radius 2 is 1.83 bits per heavy atom. The number of nitrogens with zero attached hydrogens (tertiary/aromatic N) is 1. The molecule has 3 aliphatic rings. The van der Waals surface area contributed by atoms with Crippen molar-refractivity contribution in [3.63, 3.8) is 0 Å². The van der Waals surface area contributed by atoms with E-state index in [4.69, 9.17) is 16.3 Å². The zero-order valence-corrected chi connectivity index (χ0v) is 16.9. The number of nitrogens with one attached hydrogen (secondary N) is 1. The van der Waals surface area contributed by atoms with Crippen LogP contribution in [0.15, 0.2) is 18.2 Å². The first-order valence-electron chi connectivity index (χ1n) is 9.92. The number of hydrogen-bond acceptors (Lipinski definition) is 5. The van der Waals surface area contributed by atoms with Crippen LogP contribution in [0.1, 0.15) is 31.2 Å². The number of carbonyl (C=O) groups excluding carboxylic acids is 4. The molecule has 1 aromatic carbocycles. The van der Waals surface area contributed by atoms with Crippen LogP contribution in [-0.2, 0) is 23.9 Å². The maximum Gasteiger partial charge on any atom is 0.308 e. The molecule has 1 saturated heterocycles. The molecule has 4 rings (SSSR count). The summed E-state index contributed by atoms with van der Waals surface area (Å²) >= 11 is 5.92. The van der Waals surface area contributed by atoms with E-state index in [1.165, 1.54) is 4.90 Å². The molecule has 1 N–H and O–H groups in total. The fourth-order valence-corrected chi connectivity index (χ4v) is 5.20. The van der Waals surface area contributed by atoms with Gasteiger partial charge in [0.2, 0.25) is 11.8 Å². The van der Waals surface area contributed by atoms with Gasteiger partial charge in [0.15, 0.2) is 6.61 Å². The average Bonchev–Trinajstić information content (AvgIpc) is 3.36. The molecule has 8 heteroatoms. The number of aryl methyl sites for hydroxylation is 1. The van der Waals surface area contributed by atoms with Gasteiger partial charge in [0.05, 0.1) is 18.3 Å². The quantitative estimate of drug-likeness (QED) is 0.566. The minimum atomic E-state index is -0.622. The van der Waals surface area contributed by atoms with Crippen LogP contribution in [0.2, 0.25) is 5.02 Å². The molecule has 4 atom stereocenters. The van der Waals surface area contributed by atoms with Crippen molar-refractivity contribution in [2.75, 3.05) is 18.5 Å². The highest BCUT2D eigenvalue weighted by atomic mass is 35.5. The molecule has 2 saturated carbocycles. The Morgan fingerprint density at radius 3 is 2.48 bits per heavy atom.